The van der Waals surface area contributed by atoms with E-state index in [1.165, 1.54) is 38.1 Å². The summed E-state index contributed by atoms with van der Waals surface area (Å²) in [7, 11) is 19.2. The molecule has 22 heavy (non-hydrogen) atoms. The van der Waals surface area contributed by atoms with Gasteiger partial charge in [0.1, 0.15) is 0 Å². The molecule has 0 amide bonds. The van der Waals surface area contributed by atoms with E-state index in [1.54, 1.807) is 0 Å². The van der Waals surface area contributed by atoms with E-state index in [0.717, 1.165) is 0 Å². The van der Waals surface area contributed by atoms with Crippen molar-refractivity contribution in [2.45, 2.75) is 0 Å². The van der Waals surface area contributed by atoms with Crippen molar-refractivity contribution in [2.75, 3.05) is 56.4 Å². The van der Waals surface area contributed by atoms with Gasteiger partial charge in [0.2, 0.25) is 0 Å². The summed E-state index contributed by atoms with van der Waals surface area (Å²) in [5.74, 6) is 0. The SMILES string of the molecule is CN(C)C(=Pc1ccccc1P=C(N(C)C)N(C)C)N(C)C. The maximum Gasteiger partial charge on any atom is 0.0903 e. The number of nitrogens with zero attached hydrogens (tertiary/aromatic N) is 4. The Morgan fingerprint density at radius 1 is 0.591 bits per heavy atom. The van der Waals surface area contributed by atoms with Crippen LogP contribution < -0.4 is 10.6 Å². The van der Waals surface area contributed by atoms with Gasteiger partial charge in [-0.1, -0.05) is 12.1 Å². The maximum absolute atomic E-state index is 2.22. The lowest BCUT2D eigenvalue weighted by atomic mass is 10.4. The highest BCUT2D eigenvalue weighted by Gasteiger charge is 2.09. The summed E-state index contributed by atoms with van der Waals surface area (Å²) in [5, 5.41) is 2.70. The van der Waals surface area contributed by atoms with Gasteiger partial charge in [0, 0.05) is 10.6 Å². The Balaban J connectivity index is 3.36. The first-order valence-corrected chi connectivity index (χ1v) is 8.98. The molecule has 0 saturated carbocycles. The van der Waals surface area contributed by atoms with Gasteiger partial charge < -0.3 is 0 Å². The van der Waals surface area contributed by atoms with Crippen LogP contribution in [0.15, 0.2) is 24.3 Å². The Morgan fingerprint density at radius 3 is 1.09 bits per heavy atom. The molecular weight excluding hydrogens is 310 g/mol. The lowest BCUT2D eigenvalue weighted by Crippen LogP contribution is -2.36. The fourth-order valence-corrected chi connectivity index (χ4v) is 4.30. The first-order valence-electron chi connectivity index (χ1n) is 7.19. The van der Waals surface area contributed by atoms with Crippen LogP contribution in [-0.4, -0.2) is 87.1 Å². The molecule has 1 aromatic carbocycles. The number of hydrogen-bond donors (Lipinski definition) is 0. The molecule has 0 bridgehead atoms. The predicted octanol–water partition coefficient (Wildman–Crippen LogP) is 1.25. The number of benzene rings is 1. The average molecular weight is 338 g/mol. The Morgan fingerprint density at radius 2 is 0.864 bits per heavy atom. The third-order valence-electron chi connectivity index (χ3n) is 2.92. The minimum Gasteiger partial charge on any atom is -0.268 e. The van der Waals surface area contributed by atoms with Gasteiger partial charge in [0.25, 0.3) is 0 Å². The van der Waals surface area contributed by atoms with Gasteiger partial charge in [0.05, 0.1) is 11.1 Å². The molecule has 6 heteroatoms. The highest BCUT2D eigenvalue weighted by atomic mass is 31.1. The van der Waals surface area contributed by atoms with Crippen molar-refractivity contribution in [3.63, 3.8) is 0 Å². The molecule has 0 aromatic heterocycles. The van der Waals surface area contributed by atoms with Crippen molar-refractivity contribution in [3.8, 4) is 0 Å². The molecule has 0 unspecified atom stereocenters. The lowest BCUT2D eigenvalue weighted by Gasteiger charge is -2.22. The molecule has 0 aliphatic heterocycles. The van der Waals surface area contributed by atoms with Gasteiger partial charge in [-0.2, -0.15) is 0 Å². The van der Waals surface area contributed by atoms with Gasteiger partial charge >= 0.3 is 0 Å². The fourth-order valence-electron chi connectivity index (χ4n) is 2.07. The summed E-state index contributed by atoms with van der Waals surface area (Å²) in [6.07, 6.45) is 0. The van der Waals surface area contributed by atoms with Gasteiger partial charge in [0.15, 0.2) is 0 Å². The molecule has 0 heterocycles. The third kappa shape index (κ3) is 5.55. The molecule has 0 aliphatic rings. The molecule has 4 nitrogen and oxygen atoms in total. The van der Waals surface area contributed by atoms with Crippen LogP contribution in [0.2, 0.25) is 0 Å². The van der Waals surface area contributed by atoms with Crippen LogP contribution in [0.4, 0.5) is 0 Å². The molecule has 0 saturated heterocycles. The fraction of sp³-hybridized carbons (Fsp3) is 0.500. The standard InChI is InChI=1S/C16H28N4P2/c1-17(2)15(18(3)4)21-13-11-9-10-12-14(13)22-16(19(5)6)20(7)8/h9-12H,1-8H3. The highest BCUT2D eigenvalue weighted by molar-refractivity contribution is 7.55. The summed E-state index contributed by atoms with van der Waals surface area (Å²) >= 11 is 0. The van der Waals surface area contributed by atoms with E-state index in [9.17, 15) is 0 Å². The zero-order valence-electron chi connectivity index (χ0n) is 15.0. The second-order valence-electron chi connectivity index (χ2n) is 5.89. The zero-order valence-corrected chi connectivity index (χ0v) is 16.8. The first-order chi connectivity index (χ1) is 10.2. The van der Waals surface area contributed by atoms with Gasteiger partial charge in [-0.25, -0.2) is 0 Å². The Hall–Kier alpha value is -0.600. The lowest BCUT2D eigenvalue weighted by molar-refractivity contribution is 0.500. The monoisotopic (exact) mass is 338 g/mol. The Bertz CT molecular complexity index is 480. The second kappa shape index (κ2) is 8.88. The summed E-state index contributed by atoms with van der Waals surface area (Å²) in [6, 6.07) is 8.68. The number of hydrogen-bond acceptors (Lipinski definition) is 0. The van der Waals surface area contributed by atoms with E-state index in [2.05, 4.69) is 100 Å². The van der Waals surface area contributed by atoms with E-state index in [1.807, 2.05) is 0 Å². The maximum atomic E-state index is 2.22. The van der Waals surface area contributed by atoms with Crippen LogP contribution in [0.5, 0.6) is 0 Å². The van der Waals surface area contributed by atoms with Crippen LogP contribution in [0.3, 0.4) is 0 Å². The zero-order chi connectivity index (χ0) is 16.9. The summed E-state index contributed by atoms with van der Waals surface area (Å²) < 4.78 is 0. The smallest absolute Gasteiger partial charge is 0.0903 e. The summed E-state index contributed by atoms with van der Waals surface area (Å²) in [4.78, 5) is 8.71. The molecule has 1 aromatic rings. The molecule has 0 atom stereocenters. The van der Waals surface area contributed by atoms with Gasteiger partial charge in [-0.05, 0) is 84.9 Å². The van der Waals surface area contributed by atoms with Gasteiger partial charge in [-0.3, -0.25) is 19.6 Å². The van der Waals surface area contributed by atoms with Gasteiger partial charge in [-0.15, -0.1) is 0 Å². The summed E-state index contributed by atoms with van der Waals surface area (Å²) in [5.41, 5.74) is 2.55. The Labute approximate surface area is 138 Å². The van der Waals surface area contributed by atoms with E-state index >= 15 is 0 Å². The average Bonchev–Trinajstić information content (AvgIpc) is 2.41. The normalized spacial score (nSPS) is 12.2. The molecule has 0 fully saturated rings. The van der Waals surface area contributed by atoms with E-state index < -0.39 is 0 Å². The van der Waals surface area contributed by atoms with Crippen LogP contribution >= 0.6 is 16.4 Å². The van der Waals surface area contributed by atoms with Crippen molar-refractivity contribution in [3.05, 3.63) is 24.3 Å². The molecule has 1 rings (SSSR count). The van der Waals surface area contributed by atoms with E-state index in [4.69, 9.17) is 0 Å². The van der Waals surface area contributed by atoms with Crippen molar-refractivity contribution < 1.29 is 0 Å². The topological polar surface area (TPSA) is 13.0 Å². The molecule has 0 radical (unpaired) electrons. The first kappa shape index (κ1) is 19.4. The number of rotatable bonds is 6. The molecule has 0 spiro atoms. The van der Waals surface area contributed by atoms with Crippen molar-refractivity contribution in [1.29, 1.82) is 0 Å². The minimum absolute atomic E-state index is 1.23. The van der Waals surface area contributed by atoms with Crippen molar-refractivity contribution >= 4 is 38.1 Å². The highest BCUT2D eigenvalue weighted by Crippen LogP contribution is 2.10. The molecule has 0 aliphatic carbocycles. The minimum atomic E-state index is 1.23. The Kier molecular flexibility index (Phi) is 7.85. The summed E-state index contributed by atoms with van der Waals surface area (Å²) in [6.45, 7) is 0. The van der Waals surface area contributed by atoms with Crippen LogP contribution in [0.1, 0.15) is 0 Å². The predicted molar refractivity (Wildman–Crippen MR) is 104 cm³/mol. The van der Waals surface area contributed by atoms with E-state index in [0.29, 0.717) is 0 Å². The third-order valence-corrected chi connectivity index (χ3v) is 6.36. The molecule has 122 valence electrons. The van der Waals surface area contributed by atoms with Crippen LogP contribution in [0, 0.1) is 0 Å². The van der Waals surface area contributed by atoms with Crippen molar-refractivity contribution in [2.24, 2.45) is 0 Å². The van der Waals surface area contributed by atoms with Crippen LogP contribution in [-0.2, 0) is 0 Å². The molecular formula is C16H28N4P2. The van der Waals surface area contributed by atoms with E-state index in [-0.39, 0.29) is 0 Å². The second-order valence-corrected chi connectivity index (χ2v) is 8.10. The van der Waals surface area contributed by atoms with Crippen molar-refractivity contribution in [1.82, 2.24) is 19.6 Å². The quantitative estimate of drug-likeness (QED) is 0.724. The van der Waals surface area contributed by atoms with Crippen LogP contribution in [0.25, 0.3) is 0 Å². The molecule has 0 N–H and O–H groups in total. The largest absolute Gasteiger partial charge is 0.268 e.